The summed E-state index contributed by atoms with van der Waals surface area (Å²) in [4.78, 5) is 39.5. The Labute approximate surface area is 173 Å². The first-order valence-electron chi connectivity index (χ1n) is 9.61. The van der Waals surface area contributed by atoms with E-state index in [0.29, 0.717) is 11.3 Å². The highest BCUT2D eigenvalue weighted by molar-refractivity contribution is 6.09. The first-order valence-corrected chi connectivity index (χ1v) is 9.61. The number of carbonyl (C=O) groups is 3. The highest BCUT2D eigenvalue weighted by Crippen LogP contribution is 2.32. The van der Waals surface area contributed by atoms with Crippen molar-refractivity contribution in [2.75, 3.05) is 6.54 Å². The summed E-state index contributed by atoms with van der Waals surface area (Å²) in [6.45, 7) is -0.182. The van der Waals surface area contributed by atoms with Gasteiger partial charge in [-0.05, 0) is 23.3 Å². The molecule has 0 spiro atoms. The summed E-state index contributed by atoms with van der Waals surface area (Å²) in [5.41, 5.74) is 0.311. The van der Waals surface area contributed by atoms with Gasteiger partial charge in [0.2, 0.25) is 5.91 Å². The zero-order chi connectivity index (χ0) is 21.0. The van der Waals surface area contributed by atoms with Gasteiger partial charge in [0.25, 0.3) is 5.91 Å². The molecule has 7 nitrogen and oxygen atoms in total. The second kappa shape index (κ2) is 8.24. The third-order valence-corrected chi connectivity index (χ3v) is 5.10. The lowest BCUT2D eigenvalue weighted by molar-refractivity contribution is -0.135. The summed E-state index contributed by atoms with van der Waals surface area (Å²) in [6.07, 6.45) is 1.80. The van der Waals surface area contributed by atoms with Crippen LogP contribution < -0.4 is 10.6 Å². The Morgan fingerprint density at radius 1 is 0.967 bits per heavy atom. The molecule has 0 radical (unpaired) electrons. The molecule has 3 aromatic rings. The van der Waals surface area contributed by atoms with Gasteiger partial charge in [-0.2, -0.15) is 0 Å². The number of urea groups is 1. The first kappa shape index (κ1) is 19.4. The Morgan fingerprint density at radius 3 is 2.33 bits per heavy atom. The van der Waals surface area contributed by atoms with Crippen molar-refractivity contribution in [1.29, 1.82) is 0 Å². The van der Waals surface area contributed by atoms with Gasteiger partial charge < -0.3 is 15.1 Å². The molecule has 0 bridgehead atoms. The minimum atomic E-state index is -1.26. The van der Waals surface area contributed by atoms with E-state index in [0.717, 1.165) is 10.5 Å². The van der Waals surface area contributed by atoms with Crippen molar-refractivity contribution in [2.45, 2.75) is 18.5 Å². The van der Waals surface area contributed by atoms with Crippen molar-refractivity contribution < 1.29 is 18.8 Å². The van der Waals surface area contributed by atoms with Crippen LogP contribution in [-0.2, 0) is 28.1 Å². The molecule has 2 N–H and O–H groups in total. The zero-order valence-corrected chi connectivity index (χ0v) is 16.2. The summed E-state index contributed by atoms with van der Waals surface area (Å²) in [5.74, 6) is -0.308. The third-order valence-electron chi connectivity index (χ3n) is 5.10. The van der Waals surface area contributed by atoms with Gasteiger partial charge in [0.05, 0.1) is 12.8 Å². The largest absolute Gasteiger partial charge is 0.467 e. The van der Waals surface area contributed by atoms with E-state index in [9.17, 15) is 14.4 Å². The lowest BCUT2D eigenvalue weighted by Crippen LogP contribution is -2.46. The Kier molecular flexibility index (Phi) is 5.34. The van der Waals surface area contributed by atoms with Crippen molar-refractivity contribution in [3.63, 3.8) is 0 Å². The molecule has 152 valence electrons. The van der Waals surface area contributed by atoms with E-state index in [-0.39, 0.29) is 19.5 Å². The van der Waals surface area contributed by atoms with Crippen LogP contribution in [0.2, 0.25) is 0 Å². The first-order chi connectivity index (χ1) is 14.6. The van der Waals surface area contributed by atoms with E-state index in [4.69, 9.17) is 4.42 Å². The highest BCUT2D eigenvalue weighted by atomic mass is 16.3. The number of hydrogen-bond donors (Lipinski definition) is 2. The van der Waals surface area contributed by atoms with Crippen molar-refractivity contribution in [3.05, 3.63) is 95.9 Å². The molecule has 1 aromatic heterocycles. The van der Waals surface area contributed by atoms with Crippen LogP contribution in [0.15, 0.2) is 83.5 Å². The summed E-state index contributed by atoms with van der Waals surface area (Å²) >= 11 is 0. The summed E-state index contributed by atoms with van der Waals surface area (Å²) in [6, 6.07) is 21.4. The molecule has 1 atom stereocenters. The predicted molar refractivity (Wildman–Crippen MR) is 109 cm³/mol. The lowest BCUT2D eigenvalue weighted by Gasteiger charge is -2.27. The second-order valence-electron chi connectivity index (χ2n) is 7.11. The predicted octanol–water partition coefficient (Wildman–Crippen LogP) is 2.59. The van der Waals surface area contributed by atoms with Gasteiger partial charge in [-0.25, -0.2) is 4.79 Å². The number of rotatable bonds is 7. The number of nitrogens with one attached hydrogen (secondary N) is 2. The minimum absolute atomic E-state index is 0.184. The molecule has 7 heteroatoms. The molecule has 30 heavy (non-hydrogen) atoms. The fourth-order valence-electron chi connectivity index (χ4n) is 3.61. The Morgan fingerprint density at radius 2 is 1.67 bits per heavy atom. The Balaban J connectivity index is 1.56. The van der Waals surface area contributed by atoms with Gasteiger partial charge >= 0.3 is 6.03 Å². The van der Waals surface area contributed by atoms with Crippen LogP contribution in [0.4, 0.5) is 4.79 Å². The van der Waals surface area contributed by atoms with Crippen LogP contribution in [0.5, 0.6) is 0 Å². The van der Waals surface area contributed by atoms with Crippen LogP contribution in [0.25, 0.3) is 0 Å². The van der Waals surface area contributed by atoms with E-state index in [1.54, 1.807) is 12.1 Å². The monoisotopic (exact) mass is 403 g/mol. The van der Waals surface area contributed by atoms with Gasteiger partial charge in [-0.3, -0.25) is 14.5 Å². The maximum atomic E-state index is 13.5. The van der Waals surface area contributed by atoms with Crippen molar-refractivity contribution in [3.8, 4) is 0 Å². The summed E-state index contributed by atoms with van der Waals surface area (Å²) < 4.78 is 5.18. The van der Waals surface area contributed by atoms with Gasteiger partial charge in [-0.1, -0.05) is 60.7 Å². The molecule has 1 aliphatic rings. The van der Waals surface area contributed by atoms with E-state index >= 15 is 0 Å². The molecule has 2 heterocycles. The number of benzene rings is 2. The number of amides is 4. The van der Waals surface area contributed by atoms with Gasteiger partial charge in [0, 0.05) is 6.42 Å². The molecule has 1 saturated heterocycles. The van der Waals surface area contributed by atoms with E-state index in [1.807, 2.05) is 60.7 Å². The number of furan rings is 1. The SMILES string of the molecule is O=C(CN1C(=O)N[C@@](Cc2ccccc2)(c2ccccc2)C1=O)NCc1ccco1. The average Bonchev–Trinajstić information content (AvgIpc) is 3.37. The molecular weight excluding hydrogens is 382 g/mol. The van der Waals surface area contributed by atoms with Crippen molar-refractivity contribution in [2.24, 2.45) is 0 Å². The Bertz CT molecular complexity index is 1030. The molecule has 0 aliphatic carbocycles. The lowest BCUT2D eigenvalue weighted by atomic mass is 9.83. The zero-order valence-electron chi connectivity index (χ0n) is 16.2. The van der Waals surface area contributed by atoms with E-state index < -0.39 is 23.4 Å². The average molecular weight is 403 g/mol. The van der Waals surface area contributed by atoms with E-state index in [1.165, 1.54) is 6.26 Å². The third kappa shape index (κ3) is 3.82. The molecule has 0 saturated carbocycles. The van der Waals surface area contributed by atoms with Crippen molar-refractivity contribution >= 4 is 17.8 Å². The van der Waals surface area contributed by atoms with E-state index in [2.05, 4.69) is 10.6 Å². The van der Waals surface area contributed by atoms with Gasteiger partial charge in [0.1, 0.15) is 12.3 Å². The minimum Gasteiger partial charge on any atom is -0.467 e. The standard InChI is InChI=1S/C23H21N3O4/c27-20(24-15-19-12-7-13-30-19)16-26-21(28)23(25-22(26)29,18-10-5-2-6-11-18)14-17-8-3-1-4-9-17/h1-13H,14-16H2,(H,24,27)(H,25,29)/t23-/m0/s1. The fraction of sp³-hybridized carbons (Fsp3) is 0.174. The molecule has 1 fully saturated rings. The maximum absolute atomic E-state index is 13.5. The van der Waals surface area contributed by atoms with Gasteiger partial charge in [0.15, 0.2) is 5.54 Å². The Hall–Kier alpha value is -3.87. The number of nitrogens with zero attached hydrogens (tertiary/aromatic N) is 1. The number of imide groups is 1. The molecule has 1 aliphatic heterocycles. The smallest absolute Gasteiger partial charge is 0.325 e. The van der Waals surface area contributed by atoms with Crippen molar-refractivity contribution in [1.82, 2.24) is 15.5 Å². The molecule has 4 rings (SSSR count). The fourth-order valence-corrected chi connectivity index (χ4v) is 3.61. The number of carbonyl (C=O) groups excluding carboxylic acids is 3. The van der Waals surface area contributed by atoms with Crippen LogP contribution >= 0.6 is 0 Å². The van der Waals surface area contributed by atoms with Crippen LogP contribution in [-0.4, -0.2) is 29.3 Å². The normalized spacial score (nSPS) is 18.3. The molecule has 0 unspecified atom stereocenters. The highest BCUT2D eigenvalue weighted by Gasteiger charge is 2.52. The van der Waals surface area contributed by atoms with Gasteiger partial charge in [-0.15, -0.1) is 0 Å². The quantitative estimate of drug-likeness (QED) is 0.593. The number of hydrogen-bond acceptors (Lipinski definition) is 4. The maximum Gasteiger partial charge on any atom is 0.325 e. The van der Waals surface area contributed by atoms with Crippen LogP contribution in [0.3, 0.4) is 0 Å². The summed E-state index contributed by atoms with van der Waals surface area (Å²) in [7, 11) is 0. The van der Waals surface area contributed by atoms with Crippen LogP contribution in [0, 0.1) is 0 Å². The molecular formula is C23H21N3O4. The molecule has 2 aromatic carbocycles. The molecule has 4 amide bonds. The topological polar surface area (TPSA) is 91.7 Å². The van der Waals surface area contributed by atoms with Crippen LogP contribution in [0.1, 0.15) is 16.9 Å². The second-order valence-corrected chi connectivity index (χ2v) is 7.11. The summed E-state index contributed by atoms with van der Waals surface area (Å²) in [5, 5.41) is 5.51.